The highest BCUT2D eigenvalue weighted by molar-refractivity contribution is 5.55. The van der Waals surface area contributed by atoms with Crippen LogP contribution in [0.25, 0.3) is 0 Å². The third-order valence-electron chi connectivity index (χ3n) is 1.74. The van der Waals surface area contributed by atoms with E-state index in [9.17, 15) is 18.0 Å². The number of aromatic nitrogens is 1. The van der Waals surface area contributed by atoms with Crippen LogP contribution in [0.2, 0.25) is 0 Å². The van der Waals surface area contributed by atoms with Gasteiger partial charge in [-0.25, -0.2) is 4.98 Å². The number of nitrogens with zero attached hydrogens (tertiary/aromatic N) is 1. The number of halogens is 3. The molecule has 0 radical (unpaired) electrons. The summed E-state index contributed by atoms with van der Waals surface area (Å²) in [6, 6.07) is 1.96. The number of carbonyl (C=O) groups is 1. The van der Waals surface area contributed by atoms with E-state index < -0.39 is 11.7 Å². The van der Waals surface area contributed by atoms with Crippen LogP contribution in [0.5, 0.6) is 5.88 Å². The summed E-state index contributed by atoms with van der Waals surface area (Å²) in [6.45, 7) is 0. The third-order valence-corrected chi connectivity index (χ3v) is 1.74. The number of hydrogen-bond acceptors (Lipinski definition) is 3. The lowest BCUT2D eigenvalue weighted by molar-refractivity contribution is -0.138. The van der Waals surface area contributed by atoms with Crippen LogP contribution in [-0.2, 0) is 17.4 Å². The maximum absolute atomic E-state index is 12.4. The smallest absolute Gasteiger partial charge is 0.418 e. The second kappa shape index (κ2) is 4.29. The van der Waals surface area contributed by atoms with Gasteiger partial charge in [-0.3, -0.25) is 0 Å². The molecule has 0 saturated carbocycles. The summed E-state index contributed by atoms with van der Waals surface area (Å²) in [6.07, 6.45) is -4.51. The van der Waals surface area contributed by atoms with Gasteiger partial charge in [-0.2, -0.15) is 13.2 Å². The van der Waals surface area contributed by atoms with Crippen LogP contribution in [-0.4, -0.2) is 18.4 Å². The van der Waals surface area contributed by atoms with Gasteiger partial charge in [0.05, 0.1) is 18.4 Å². The molecule has 3 nitrogen and oxygen atoms in total. The van der Waals surface area contributed by atoms with E-state index >= 15 is 0 Å². The summed E-state index contributed by atoms with van der Waals surface area (Å²) < 4.78 is 41.9. The summed E-state index contributed by atoms with van der Waals surface area (Å²) in [5.74, 6) is 0.0554. The number of methoxy groups -OCH3 is 1. The van der Waals surface area contributed by atoms with E-state index in [0.717, 1.165) is 12.1 Å². The number of aldehydes is 1. The van der Waals surface area contributed by atoms with Crippen molar-refractivity contribution in [2.24, 2.45) is 0 Å². The minimum atomic E-state index is -4.50. The van der Waals surface area contributed by atoms with Crippen molar-refractivity contribution < 1.29 is 22.7 Å². The summed E-state index contributed by atoms with van der Waals surface area (Å²) in [5.41, 5.74) is -1.23. The molecule has 6 heteroatoms. The van der Waals surface area contributed by atoms with Crippen LogP contribution < -0.4 is 4.74 Å². The quantitative estimate of drug-likeness (QED) is 0.728. The van der Waals surface area contributed by atoms with Crippen molar-refractivity contribution in [3.8, 4) is 5.88 Å². The molecule has 0 bridgehead atoms. The average Bonchev–Trinajstić information content (AvgIpc) is 2.16. The SMILES string of the molecule is COc1ccc(C(F)(F)F)c(CC=O)n1. The fourth-order valence-corrected chi connectivity index (χ4v) is 1.09. The van der Waals surface area contributed by atoms with Crippen molar-refractivity contribution in [1.29, 1.82) is 0 Å². The Hall–Kier alpha value is -1.59. The van der Waals surface area contributed by atoms with Crippen molar-refractivity contribution in [3.05, 3.63) is 23.4 Å². The number of rotatable bonds is 3. The molecule has 82 valence electrons. The summed E-state index contributed by atoms with van der Waals surface area (Å²) in [7, 11) is 1.29. The lowest BCUT2D eigenvalue weighted by Crippen LogP contribution is -2.11. The number of carbonyl (C=O) groups excluding carboxylic acids is 1. The first kappa shape index (κ1) is 11.5. The molecule has 15 heavy (non-hydrogen) atoms. The molecule has 0 N–H and O–H groups in total. The van der Waals surface area contributed by atoms with E-state index in [-0.39, 0.29) is 18.0 Å². The highest BCUT2D eigenvalue weighted by atomic mass is 19.4. The fourth-order valence-electron chi connectivity index (χ4n) is 1.09. The Morgan fingerprint density at radius 2 is 2.13 bits per heavy atom. The number of ether oxygens (including phenoxy) is 1. The van der Waals surface area contributed by atoms with E-state index in [0.29, 0.717) is 6.29 Å². The molecule has 0 saturated heterocycles. The maximum Gasteiger partial charge on any atom is 0.418 e. The average molecular weight is 219 g/mol. The van der Waals surface area contributed by atoms with Gasteiger partial charge in [0.2, 0.25) is 5.88 Å². The Morgan fingerprint density at radius 1 is 1.47 bits per heavy atom. The molecule has 0 spiro atoms. The minimum absolute atomic E-state index is 0.0554. The zero-order valence-electron chi connectivity index (χ0n) is 7.84. The van der Waals surface area contributed by atoms with Crippen LogP contribution in [0, 0.1) is 0 Å². The van der Waals surface area contributed by atoms with E-state index in [1.807, 2.05) is 0 Å². The van der Waals surface area contributed by atoms with E-state index in [1.54, 1.807) is 0 Å². The van der Waals surface area contributed by atoms with Crippen LogP contribution in [0.3, 0.4) is 0 Å². The summed E-state index contributed by atoms with van der Waals surface area (Å²) >= 11 is 0. The second-order valence-electron chi connectivity index (χ2n) is 2.72. The van der Waals surface area contributed by atoms with Crippen molar-refractivity contribution in [2.45, 2.75) is 12.6 Å². The van der Waals surface area contributed by atoms with Gasteiger partial charge in [0.25, 0.3) is 0 Å². The largest absolute Gasteiger partial charge is 0.481 e. The number of alkyl halides is 3. The first-order chi connectivity index (χ1) is 6.99. The maximum atomic E-state index is 12.4. The lowest BCUT2D eigenvalue weighted by atomic mass is 10.1. The highest BCUT2D eigenvalue weighted by Crippen LogP contribution is 2.32. The highest BCUT2D eigenvalue weighted by Gasteiger charge is 2.34. The molecule has 0 aliphatic rings. The number of pyridine rings is 1. The Kier molecular flexibility index (Phi) is 3.28. The second-order valence-corrected chi connectivity index (χ2v) is 2.72. The Balaban J connectivity index is 3.20. The molecule has 1 heterocycles. The molecule has 0 fully saturated rings. The topological polar surface area (TPSA) is 39.2 Å². The van der Waals surface area contributed by atoms with Gasteiger partial charge in [0.15, 0.2) is 0 Å². The zero-order chi connectivity index (χ0) is 11.5. The molecule has 1 rings (SSSR count). The predicted molar refractivity (Wildman–Crippen MR) is 45.6 cm³/mol. The summed E-state index contributed by atoms with van der Waals surface area (Å²) in [4.78, 5) is 13.8. The predicted octanol–water partition coefficient (Wildman–Crippen LogP) is 1.85. The molecule has 1 aromatic rings. The van der Waals surface area contributed by atoms with Crippen molar-refractivity contribution in [3.63, 3.8) is 0 Å². The first-order valence-electron chi connectivity index (χ1n) is 4.03. The molecule has 0 unspecified atom stereocenters. The van der Waals surface area contributed by atoms with Gasteiger partial charge in [0.1, 0.15) is 6.29 Å². The molecule has 0 aliphatic carbocycles. The van der Waals surface area contributed by atoms with Crippen LogP contribution in [0.1, 0.15) is 11.3 Å². The third kappa shape index (κ3) is 2.68. The van der Waals surface area contributed by atoms with Crippen LogP contribution in [0.15, 0.2) is 12.1 Å². The standard InChI is InChI=1S/C9H8F3NO2/c1-15-8-3-2-6(9(10,11)12)7(13-8)4-5-14/h2-3,5H,4H2,1H3. The molecule has 0 atom stereocenters. The minimum Gasteiger partial charge on any atom is -0.481 e. The molecule has 0 aliphatic heterocycles. The molecular weight excluding hydrogens is 211 g/mol. The van der Waals surface area contributed by atoms with Gasteiger partial charge in [-0.1, -0.05) is 0 Å². The molecule has 0 aromatic carbocycles. The first-order valence-corrected chi connectivity index (χ1v) is 4.03. The van der Waals surface area contributed by atoms with Crippen molar-refractivity contribution in [2.75, 3.05) is 7.11 Å². The lowest BCUT2D eigenvalue weighted by Gasteiger charge is -2.11. The fraction of sp³-hybridized carbons (Fsp3) is 0.333. The van der Waals surface area contributed by atoms with E-state index in [2.05, 4.69) is 9.72 Å². The number of hydrogen-bond donors (Lipinski definition) is 0. The Labute approximate surface area is 83.9 Å². The van der Waals surface area contributed by atoms with Crippen molar-refractivity contribution >= 4 is 6.29 Å². The Bertz CT molecular complexity index is 363. The summed E-state index contributed by atoms with van der Waals surface area (Å²) in [5, 5.41) is 0. The van der Waals surface area contributed by atoms with Gasteiger partial charge < -0.3 is 9.53 Å². The van der Waals surface area contributed by atoms with Crippen molar-refractivity contribution in [1.82, 2.24) is 4.98 Å². The molecule has 1 aromatic heterocycles. The van der Waals surface area contributed by atoms with Gasteiger partial charge >= 0.3 is 6.18 Å². The Morgan fingerprint density at radius 3 is 2.60 bits per heavy atom. The van der Waals surface area contributed by atoms with E-state index in [4.69, 9.17) is 0 Å². The van der Waals surface area contributed by atoms with Crippen LogP contribution in [0.4, 0.5) is 13.2 Å². The van der Waals surface area contributed by atoms with Crippen LogP contribution >= 0.6 is 0 Å². The monoisotopic (exact) mass is 219 g/mol. The zero-order valence-corrected chi connectivity index (χ0v) is 7.84. The van der Waals surface area contributed by atoms with Gasteiger partial charge in [0, 0.05) is 12.5 Å². The molecule has 0 amide bonds. The normalized spacial score (nSPS) is 11.2. The van der Waals surface area contributed by atoms with Gasteiger partial charge in [-0.15, -0.1) is 0 Å². The molecular formula is C9H8F3NO2. The van der Waals surface area contributed by atoms with E-state index in [1.165, 1.54) is 7.11 Å². The van der Waals surface area contributed by atoms with Gasteiger partial charge in [-0.05, 0) is 6.07 Å².